The van der Waals surface area contributed by atoms with Gasteiger partial charge in [0.25, 0.3) is 5.91 Å². The Hall–Kier alpha value is -2.86. The lowest BCUT2D eigenvalue weighted by Crippen LogP contribution is -2.41. The van der Waals surface area contributed by atoms with Gasteiger partial charge in [-0.05, 0) is 68.8 Å². The highest BCUT2D eigenvalue weighted by molar-refractivity contribution is 5.94. The van der Waals surface area contributed by atoms with E-state index in [1.54, 1.807) is 24.3 Å². The lowest BCUT2D eigenvalue weighted by atomic mass is 10.1. The lowest BCUT2D eigenvalue weighted by molar-refractivity contribution is -0.141. The van der Waals surface area contributed by atoms with E-state index in [0.717, 1.165) is 24.2 Å². The summed E-state index contributed by atoms with van der Waals surface area (Å²) in [7, 11) is 3.40. The van der Waals surface area contributed by atoms with E-state index in [-0.39, 0.29) is 24.0 Å². The number of nitrogens with one attached hydrogen (secondary N) is 1. The maximum absolute atomic E-state index is 12.5. The molecular formula is C23H28N2O4. The quantitative estimate of drug-likeness (QED) is 0.725. The minimum Gasteiger partial charge on any atom is -0.469 e. The third-order valence-electron chi connectivity index (χ3n) is 5.45. The molecule has 6 heteroatoms. The molecule has 2 atom stereocenters. The van der Waals surface area contributed by atoms with E-state index in [4.69, 9.17) is 9.47 Å². The normalized spacial score (nSPS) is 19.0. The van der Waals surface area contributed by atoms with E-state index >= 15 is 0 Å². The van der Waals surface area contributed by atoms with Crippen LogP contribution in [0.4, 0.5) is 0 Å². The van der Waals surface area contributed by atoms with Crippen LogP contribution in [0.1, 0.15) is 35.2 Å². The number of benzene rings is 2. The van der Waals surface area contributed by atoms with Gasteiger partial charge in [-0.1, -0.05) is 12.1 Å². The molecule has 1 aliphatic heterocycles. The molecular weight excluding hydrogens is 368 g/mol. The lowest BCUT2D eigenvalue weighted by Gasteiger charge is -2.25. The van der Waals surface area contributed by atoms with Crippen molar-refractivity contribution in [2.45, 2.75) is 38.3 Å². The fourth-order valence-corrected chi connectivity index (χ4v) is 3.66. The Labute approximate surface area is 171 Å². The second kappa shape index (κ2) is 9.56. The molecule has 0 bridgehead atoms. The summed E-state index contributed by atoms with van der Waals surface area (Å²) in [6.45, 7) is 2.56. The molecule has 2 aromatic rings. The number of hydrogen-bond acceptors (Lipinski definition) is 5. The number of esters is 1. The van der Waals surface area contributed by atoms with Crippen molar-refractivity contribution in [3.63, 3.8) is 0 Å². The first kappa shape index (κ1) is 20.9. The molecule has 0 aromatic heterocycles. The SMILES string of the molecule is COC(=O)C[C@H]1CC[C@@H](CNC(=O)c2ccc(Oc3cccc(C)c3)cc2)N1C. The van der Waals surface area contributed by atoms with E-state index in [0.29, 0.717) is 24.3 Å². The van der Waals surface area contributed by atoms with Gasteiger partial charge >= 0.3 is 5.97 Å². The summed E-state index contributed by atoms with van der Waals surface area (Å²) in [5.74, 6) is 1.15. The van der Waals surface area contributed by atoms with Gasteiger partial charge in [-0.3, -0.25) is 14.5 Å². The van der Waals surface area contributed by atoms with Crippen LogP contribution in [0.2, 0.25) is 0 Å². The molecule has 29 heavy (non-hydrogen) atoms. The minimum atomic E-state index is -0.195. The maximum Gasteiger partial charge on any atom is 0.307 e. The molecule has 0 saturated carbocycles. The number of carbonyl (C=O) groups is 2. The summed E-state index contributed by atoms with van der Waals surface area (Å²) in [4.78, 5) is 26.1. The first-order valence-electron chi connectivity index (χ1n) is 9.88. The summed E-state index contributed by atoms with van der Waals surface area (Å²) in [5, 5.41) is 3.00. The van der Waals surface area contributed by atoms with Crippen molar-refractivity contribution < 1.29 is 19.1 Å². The highest BCUT2D eigenvalue weighted by Gasteiger charge is 2.32. The topological polar surface area (TPSA) is 67.9 Å². The fourth-order valence-electron chi connectivity index (χ4n) is 3.66. The number of nitrogens with zero attached hydrogens (tertiary/aromatic N) is 1. The Balaban J connectivity index is 1.50. The number of methoxy groups -OCH3 is 1. The number of carbonyl (C=O) groups excluding carboxylic acids is 2. The Kier molecular flexibility index (Phi) is 6.88. The molecule has 0 radical (unpaired) electrons. The zero-order valence-electron chi connectivity index (χ0n) is 17.2. The van der Waals surface area contributed by atoms with Gasteiger partial charge in [0.15, 0.2) is 0 Å². The highest BCUT2D eigenvalue weighted by atomic mass is 16.5. The van der Waals surface area contributed by atoms with Crippen LogP contribution in [0.25, 0.3) is 0 Å². The van der Waals surface area contributed by atoms with Gasteiger partial charge in [0.05, 0.1) is 13.5 Å². The summed E-state index contributed by atoms with van der Waals surface area (Å²) >= 11 is 0. The van der Waals surface area contributed by atoms with Gasteiger partial charge in [-0.25, -0.2) is 0 Å². The number of likely N-dealkylation sites (N-methyl/N-ethyl adjacent to an activating group) is 1. The van der Waals surface area contributed by atoms with Gasteiger partial charge in [-0.15, -0.1) is 0 Å². The summed E-state index contributed by atoms with van der Waals surface area (Å²) in [6.07, 6.45) is 2.26. The van der Waals surface area contributed by atoms with E-state index in [1.165, 1.54) is 7.11 Å². The Morgan fingerprint density at radius 3 is 2.48 bits per heavy atom. The van der Waals surface area contributed by atoms with Crippen LogP contribution >= 0.6 is 0 Å². The van der Waals surface area contributed by atoms with E-state index in [1.807, 2.05) is 38.2 Å². The number of amides is 1. The monoisotopic (exact) mass is 396 g/mol. The largest absolute Gasteiger partial charge is 0.469 e. The molecule has 1 heterocycles. The molecule has 1 fully saturated rings. The zero-order valence-corrected chi connectivity index (χ0v) is 17.2. The van der Waals surface area contributed by atoms with Crippen LogP contribution in [-0.2, 0) is 9.53 Å². The second-order valence-electron chi connectivity index (χ2n) is 7.48. The molecule has 1 amide bonds. The zero-order chi connectivity index (χ0) is 20.8. The smallest absolute Gasteiger partial charge is 0.307 e. The van der Waals surface area contributed by atoms with Crippen molar-refractivity contribution in [1.82, 2.24) is 10.2 Å². The minimum absolute atomic E-state index is 0.114. The van der Waals surface area contributed by atoms with Crippen molar-refractivity contribution in [2.24, 2.45) is 0 Å². The Morgan fingerprint density at radius 1 is 1.07 bits per heavy atom. The molecule has 6 nitrogen and oxygen atoms in total. The molecule has 1 saturated heterocycles. The van der Waals surface area contributed by atoms with Crippen LogP contribution < -0.4 is 10.1 Å². The van der Waals surface area contributed by atoms with E-state index < -0.39 is 0 Å². The number of hydrogen-bond donors (Lipinski definition) is 1. The molecule has 2 aromatic carbocycles. The summed E-state index contributed by atoms with van der Waals surface area (Å²) in [5.41, 5.74) is 1.72. The molecule has 3 rings (SSSR count). The Bertz CT molecular complexity index is 850. The van der Waals surface area contributed by atoms with Crippen molar-refractivity contribution in [3.05, 3.63) is 59.7 Å². The van der Waals surface area contributed by atoms with Gasteiger partial charge < -0.3 is 14.8 Å². The molecule has 1 N–H and O–H groups in total. The first-order chi connectivity index (χ1) is 14.0. The predicted octanol–water partition coefficient (Wildman–Crippen LogP) is 3.54. The standard InChI is InChI=1S/C23H28N2O4/c1-16-5-4-6-21(13-16)29-20-11-7-17(8-12-20)23(27)24-15-19-10-9-18(25(19)2)14-22(26)28-3/h4-8,11-13,18-19H,9-10,14-15H2,1-3H3,(H,24,27)/t18-,19+/m1/s1. The molecule has 154 valence electrons. The van der Waals surface area contributed by atoms with Gasteiger partial charge in [0.2, 0.25) is 0 Å². The molecule has 0 aliphatic carbocycles. The number of ether oxygens (including phenoxy) is 2. The third kappa shape index (κ3) is 5.57. The van der Waals surface area contributed by atoms with E-state index in [9.17, 15) is 9.59 Å². The van der Waals surface area contributed by atoms with Gasteiger partial charge in [-0.2, -0.15) is 0 Å². The average Bonchev–Trinajstić information content (AvgIpc) is 3.06. The summed E-state index contributed by atoms with van der Waals surface area (Å²) < 4.78 is 10.6. The first-order valence-corrected chi connectivity index (χ1v) is 9.88. The average molecular weight is 396 g/mol. The third-order valence-corrected chi connectivity index (χ3v) is 5.45. The second-order valence-corrected chi connectivity index (χ2v) is 7.48. The van der Waals surface area contributed by atoms with Crippen molar-refractivity contribution in [1.29, 1.82) is 0 Å². The number of likely N-dealkylation sites (tertiary alicyclic amines) is 1. The van der Waals surface area contributed by atoms with Crippen LogP contribution in [-0.4, -0.2) is 49.6 Å². The predicted molar refractivity (Wildman–Crippen MR) is 111 cm³/mol. The fraction of sp³-hybridized carbons (Fsp3) is 0.391. The van der Waals surface area contributed by atoms with Crippen LogP contribution in [0.5, 0.6) is 11.5 Å². The van der Waals surface area contributed by atoms with Crippen LogP contribution in [0.3, 0.4) is 0 Å². The van der Waals surface area contributed by atoms with Crippen molar-refractivity contribution >= 4 is 11.9 Å². The van der Waals surface area contributed by atoms with Crippen molar-refractivity contribution in [3.8, 4) is 11.5 Å². The van der Waals surface area contributed by atoms with Crippen molar-refractivity contribution in [2.75, 3.05) is 20.7 Å². The molecule has 0 unspecified atom stereocenters. The molecule has 1 aliphatic rings. The van der Waals surface area contributed by atoms with Gasteiger partial charge in [0, 0.05) is 24.2 Å². The van der Waals surface area contributed by atoms with Crippen LogP contribution in [0.15, 0.2) is 48.5 Å². The van der Waals surface area contributed by atoms with Crippen LogP contribution in [0, 0.1) is 6.92 Å². The Morgan fingerprint density at radius 2 is 1.79 bits per heavy atom. The van der Waals surface area contributed by atoms with E-state index in [2.05, 4.69) is 10.2 Å². The van der Waals surface area contributed by atoms with Gasteiger partial charge in [0.1, 0.15) is 11.5 Å². The molecule has 0 spiro atoms. The summed E-state index contributed by atoms with van der Waals surface area (Å²) in [6, 6.07) is 15.3. The number of aryl methyl sites for hydroxylation is 1. The maximum atomic E-state index is 12.5. The number of rotatable bonds is 7. The highest BCUT2D eigenvalue weighted by Crippen LogP contribution is 2.25.